The third-order valence-electron chi connectivity index (χ3n) is 6.82. The third-order valence-corrected chi connectivity index (χ3v) is 6.82. The summed E-state index contributed by atoms with van der Waals surface area (Å²) in [7, 11) is 3.43. The number of nitrogens with one attached hydrogen (secondary N) is 2. The zero-order valence-corrected chi connectivity index (χ0v) is 21.5. The third kappa shape index (κ3) is 5.31. The normalized spacial score (nSPS) is 14.8. The Labute approximate surface area is 219 Å². The van der Waals surface area contributed by atoms with Crippen LogP contribution in [0.2, 0.25) is 0 Å². The molecule has 0 radical (unpaired) electrons. The standard InChI is InChI=1S/C28H30F2N6O2/c1-18-25(22-15-32-35(2)16-22)34-36(23-7-5-4-6-8-23)26(18)33-27(37)31-14-20-11-19(17-38-3)9-10-24(20)21-12-28(29,30)13-21/h4-11,15-16,21H,12-14,17H2,1-3H3,(H2,31,33,37). The lowest BCUT2D eigenvalue weighted by molar-refractivity contribution is -0.0869. The average molecular weight is 521 g/mol. The van der Waals surface area contributed by atoms with Gasteiger partial charge >= 0.3 is 6.03 Å². The van der Waals surface area contributed by atoms with Crippen molar-refractivity contribution >= 4 is 11.8 Å². The number of aromatic nitrogens is 4. The number of methoxy groups -OCH3 is 1. The molecule has 0 bridgehead atoms. The molecule has 38 heavy (non-hydrogen) atoms. The summed E-state index contributed by atoms with van der Waals surface area (Å²) in [5.74, 6) is -2.33. The van der Waals surface area contributed by atoms with Crippen molar-refractivity contribution in [3.05, 3.63) is 83.2 Å². The maximum absolute atomic E-state index is 13.6. The fourth-order valence-corrected chi connectivity index (χ4v) is 4.89. The highest BCUT2D eigenvalue weighted by atomic mass is 19.3. The van der Waals surface area contributed by atoms with Gasteiger partial charge in [0.05, 0.1) is 18.5 Å². The molecule has 2 amide bonds. The highest BCUT2D eigenvalue weighted by molar-refractivity contribution is 5.90. The Morgan fingerprint density at radius 2 is 1.95 bits per heavy atom. The lowest BCUT2D eigenvalue weighted by Crippen LogP contribution is -2.35. The second-order valence-corrected chi connectivity index (χ2v) is 9.71. The van der Waals surface area contributed by atoms with Gasteiger partial charge in [-0.05, 0) is 41.7 Å². The molecule has 5 rings (SSSR count). The van der Waals surface area contributed by atoms with Crippen molar-refractivity contribution in [1.29, 1.82) is 0 Å². The summed E-state index contributed by atoms with van der Waals surface area (Å²) in [6, 6.07) is 14.8. The van der Waals surface area contributed by atoms with Crippen LogP contribution in [0.5, 0.6) is 0 Å². The van der Waals surface area contributed by atoms with Gasteiger partial charge in [-0.1, -0.05) is 36.4 Å². The van der Waals surface area contributed by atoms with E-state index in [2.05, 4.69) is 15.7 Å². The molecule has 0 saturated heterocycles. The van der Waals surface area contributed by atoms with E-state index in [1.807, 2.05) is 68.7 Å². The molecule has 1 aliphatic carbocycles. The van der Waals surface area contributed by atoms with Gasteiger partial charge in [0.25, 0.3) is 0 Å². The summed E-state index contributed by atoms with van der Waals surface area (Å²) in [5, 5.41) is 14.9. The van der Waals surface area contributed by atoms with E-state index >= 15 is 0 Å². The van der Waals surface area contributed by atoms with Gasteiger partial charge in [-0.25, -0.2) is 18.3 Å². The number of para-hydroxylation sites is 1. The van der Waals surface area contributed by atoms with Crippen LogP contribution in [0, 0.1) is 6.92 Å². The van der Waals surface area contributed by atoms with Crippen molar-refractivity contribution in [2.75, 3.05) is 12.4 Å². The van der Waals surface area contributed by atoms with Crippen LogP contribution in [-0.4, -0.2) is 38.6 Å². The molecule has 1 saturated carbocycles. The fraction of sp³-hybridized carbons (Fsp3) is 0.321. The topological polar surface area (TPSA) is 86.0 Å². The van der Waals surface area contributed by atoms with Crippen molar-refractivity contribution in [1.82, 2.24) is 24.9 Å². The summed E-state index contributed by atoms with van der Waals surface area (Å²) in [4.78, 5) is 13.1. The molecular formula is C28H30F2N6O2. The Balaban J connectivity index is 1.38. The van der Waals surface area contributed by atoms with Crippen molar-refractivity contribution in [2.45, 2.75) is 44.8 Å². The zero-order chi connectivity index (χ0) is 26.9. The highest BCUT2D eigenvalue weighted by Gasteiger charge is 2.46. The van der Waals surface area contributed by atoms with Gasteiger partial charge in [0.2, 0.25) is 5.92 Å². The summed E-state index contributed by atoms with van der Waals surface area (Å²) in [6.45, 7) is 2.48. The van der Waals surface area contributed by atoms with Crippen molar-refractivity contribution in [3.8, 4) is 16.9 Å². The molecule has 2 heterocycles. The number of carbonyl (C=O) groups excluding carboxylic acids is 1. The van der Waals surface area contributed by atoms with Crippen LogP contribution in [0.3, 0.4) is 0 Å². The van der Waals surface area contributed by atoms with Crippen LogP contribution in [0.4, 0.5) is 19.4 Å². The first-order valence-corrected chi connectivity index (χ1v) is 12.4. The van der Waals surface area contributed by atoms with E-state index in [4.69, 9.17) is 9.84 Å². The molecule has 1 fully saturated rings. The molecular weight excluding hydrogens is 490 g/mol. The SMILES string of the molecule is COCc1ccc(C2CC(F)(F)C2)c(CNC(=O)Nc2c(C)c(-c3cnn(C)c3)nn2-c2ccccc2)c1. The van der Waals surface area contributed by atoms with Crippen LogP contribution in [0.15, 0.2) is 60.9 Å². The van der Waals surface area contributed by atoms with E-state index in [-0.39, 0.29) is 25.3 Å². The van der Waals surface area contributed by atoms with Crippen LogP contribution in [-0.2, 0) is 24.9 Å². The second kappa shape index (κ2) is 10.4. The molecule has 0 aliphatic heterocycles. The van der Waals surface area contributed by atoms with E-state index < -0.39 is 12.0 Å². The van der Waals surface area contributed by atoms with Crippen molar-refractivity contribution in [2.24, 2.45) is 7.05 Å². The summed E-state index contributed by atoms with van der Waals surface area (Å²) >= 11 is 0. The molecule has 8 nitrogen and oxygen atoms in total. The van der Waals surface area contributed by atoms with Gasteiger partial charge in [-0.2, -0.15) is 10.2 Å². The number of anilines is 1. The number of ether oxygens (including phenoxy) is 1. The maximum atomic E-state index is 13.6. The Hall–Kier alpha value is -4.05. The number of aryl methyl sites for hydroxylation is 1. The van der Waals surface area contributed by atoms with Crippen LogP contribution >= 0.6 is 0 Å². The molecule has 0 atom stereocenters. The molecule has 4 aromatic rings. The Bertz CT molecular complexity index is 1440. The number of halogens is 2. The summed E-state index contributed by atoms with van der Waals surface area (Å²) in [6.07, 6.45) is 3.24. The lowest BCUT2D eigenvalue weighted by atomic mass is 9.75. The van der Waals surface area contributed by atoms with E-state index in [1.165, 1.54) is 0 Å². The van der Waals surface area contributed by atoms with Gasteiger partial charge < -0.3 is 10.1 Å². The number of amides is 2. The molecule has 10 heteroatoms. The molecule has 2 aromatic heterocycles. The molecule has 1 aliphatic rings. The minimum Gasteiger partial charge on any atom is -0.380 e. The van der Waals surface area contributed by atoms with Crippen molar-refractivity contribution < 1.29 is 18.3 Å². The largest absolute Gasteiger partial charge is 0.380 e. The van der Waals surface area contributed by atoms with Crippen LogP contribution in [0.25, 0.3) is 16.9 Å². The predicted octanol–water partition coefficient (Wildman–Crippen LogP) is 5.56. The van der Waals surface area contributed by atoms with Gasteiger partial charge in [0.15, 0.2) is 0 Å². The smallest absolute Gasteiger partial charge is 0.320 e. The summed E-state index contributed by atoms with van der Waals surface area (Å²) in [5.41, 5.74) is 5.68. The maximum Gasteiger partial charge on any atom is 0.320 e. The number of hydrogen-bond donors (Lipinski definition) is 2. The first kappa shape index (κ1) is 25.6. The first-order chi connectivity index (χ1) is 18.2. The monoisotopic (exact) mass is 520 g/mol. The predicted molar refractivity (Wildman–Crippen MR) is 140 cm³/mol. The molecule has 2 N–H and O–H groups in total. The van der Waals surface area contributed by atoms with E-state index in [1.54, 1.807) is 22.7 Å². The van der Waals surface area contributed by atoms with Crippen LogP contribution in [0.1, 0.15) is 41.0 Å². The highest BCUT2D eigenvalue weighted by Crippen LogP contribution is 2.49. The quantitative estimate of drug-likeness (QED) is 0.318. The molecule has 0 spiro atoms. The number of benzene rings is 2. The van der Waals surface area contributed by atoms with Gasteiger partial charge in [0, 0.05) is 50.9 Å². The number of urea groups is 1. The van der Waals surface area contributed by atoms with Crippen molar-refractivity contribution in [3.63, 3.8) is 0 Å². The number of nitrogens with zero attached hydrogens (tertiary/aromatic N) is 4. The number of rotatable bonds is 8. The Kier molecular flexibility index (Phi) is 6.98. The number of hydrogen-bond acceptors (Lipinski definition) is 4. The molecule has 2 aromatic carbocycles. The van der Waals surface area contributed by atoms with Crippen LogP contribution < -0.4 is 10.6 Å². The minimum atomic E-state index is -2.63. The van der Waals surface area contributed by atoms with E-state index in [0.29, 0.717) is 18.1 Å². The molecule has 198 valence electrons. The minimum absolute atomic E-state index is 0.178. The van der Waals surface area contributed by atoms with Gasteiger partial charge in [-0.3, -0.25) is 10.00 Å². The molecule has 0 unspecified atom stereocenters. The Morgan fingerprint density at radius 1 is 1.18 bits per heavy atom. The Morgan fingerprint density at radius 3 is 2.61 bits per heavy atom. The average Bonchev–Trinajstić information content (AvgIpc) is 3.45. The number of alkyl halides is 2. The van der Waals surface area contributed by atoms with E-state index in [9.17, 15) is 13.6 Å². The summed E-state index contributed by atoms with van der Waals surface area (Å²) < 4.78 is 35.8. The first-order valence-electron chi connectivity index (χ1n) is 12.4. The van der Waals surface area contributed by atoms with Gasteiger partial charge in [-0.15, -0.1) is 0 Å². The lowest BCUT2D eigenvalue weighted by Gasteiger charge is -2.36. The fourth-order valence-electron chi connectivity index (χ4n) is 4.89. The number of carbonyl (C=O) groups is 1. The zero-order valence-electron chi connectivity index (χ0n) is 21.5. The second-order valence-electron chi connectivity index (χ2n) is 9.71. The van der Waals surface area contributed by atoms with E-state index in [0.717, 1.165) is 33.5 Å². The van der Waals surface area contributed by atoms with Gasteiger partial charge in [0.1, 0.15) is 11.5 Å².